The number of benzene rings is 1. The van der Waals surface area contributed by atoms with Crippen molar-refractivity contribution >= 4 is 17.5 Å². The Labute approximate surface area is 188 Å². The Kier molecular flexibility index (Phi) is 5.63. The molecule has 0 unspecified atom stereocenters. The molecule has 1 amide bonds. The van der Waals surface area contributed by atoms with Crippen molar-refractivity contribution < 1.29 is 14.3 Å². The van der Waals surface area contributed by atoms with Crippen LogP contribution in [0.25, 0.3) is 0 Å². The minimum Gasteiger partial charge on any atom is -0.497 e. The van der Waals surface area contributed by atoms with Crippen LogP contribution in [0.4, 0.5) is 5.82 Å². The molecular formula is C26H29N3O3. The molecule has 4 rings (SSSR count). The summed E-state index contributed by atoms with van der Waals surface area (Å²) in [6, 6.07) is 11.3. The predicted octanol–water partition coefficient (Wildman–Crippen LogP) is 4.64. The number of methoxy groups -OCH3 is 1. The summed E-state index contributed by atoms with van der Waals surface area (Å²) < 4.78 is 5.31. The Bertz CT molecular complexity index is 1140. The van der Waals surface area contributed by atoms with E-state index < -0.39 is 5.92 Å². The van der Waals surface area contributed by atoms with Gasteiger partial charge < -0.3 is 15.4 Å². The van der Waals surface area contributed by atoms with Gasteiger partial charge >= 0.3 is 0 Å². The number of ether oxygens (including phenoxy) is 1. The van der Waals surface area contributed by atoms with Gasteiger partial charge in [0, 0.05) is 41.1 Å². The summed E-state index contributed by atoms with van der Waals surface area (Å²) in [5.74, 6) is 0.572. The summed E-state index contributed by atoms with van der Waals surface area (Å²) in [5, 5.41) is 6.31. The van der Waals surface area contributed by atoms with Crippen molar-refractivity contribution in [2.75, 3.05) is 12.4 Å². The second kappa shape index (κ2) is 8.26. The Morgan fingerprint density at radius 3 is 2.53 bits per heavy atom. The van der Waals surface area contributed by atoms with Gasteiger partial charge in [-0.1, -0.05) is 26.0 Å². The molecular weight excluding hydrogens is 402 g/mol. The van der Waals surface area contributed by atoms with Gasteiger partial charge in [0.05, 0.1) is 7.11 Å². The molecule has 6 nitrogen and oxygen atoms in total. The highest BCUT2D eigenvalue weighted by molar-refractivity contribution is 6.09. The number of hydrogen-bond acceptors (Lipinski definition) is 5. The first-order valence-electron chi connectivity index (χ1n) is 10.8. The van der Waals surface area contributed by atoms with Crippen LogP contribution < -0.4 is 15.4 Å². The van der Waals surface area contributed by atoms with E-state index in [1.54, 1.807) is 13.3 Å². The quantitative estimate of drug-likeness (QED) is 0.737. The SMILES string of the molecule is COc1ccc([C@H]2C(C(=O)Nc3cc(C)ccn3)=C(C)NC3=C2C(=O)CC(C)(C)C3)cc1. The van der Waals surface area contributed by atoms with E-state index in [1.165, 1.54) is 0 Å². The lowest BCUT2D eigenvalue weighted by atomic mass is 9.68. The van der Waals surface area contributed by atoms with Gasteiger partial charge in [-0.3, -0.25) is 9.59 Å². The van der Waals surface area contributed by atoms with E-state index in [2.05, 4.69) is 29.5 Å². The molecule has 166 valence electrons. The zero-order valence-electron chi connectivity index (χ0n) is 19.2. The summed E-state index contributed by atoms with van der Waals surface area (Å²) in [6.07, 6.45) is 2.87. The average Bonchev–Trinajstić information content (AvgIpc) is 2.71. The van der Waals surface area contributed by atoms with Crippen LogP contribution in [0, 0.1) is 12.3 Å². The number of hydrogen-bond donors (Lipinski definition) is 2. The lowest BCUT2D eigenvalue weighted by molar-refractivity contribution is -0.118. The van der Waals surface area contributed by atoms with Crippen molar-refractivity contribution in [2.45, 2.75) is 46.5 Å². The van der Waals surface area contributed by atoms with Crippen LogP contribution in [0.1, 0.15) is 50.7 Å². The van der Waals surface area contributed by atoms with Gasteiger partial charge in [0.15, 0.2) is 5.78 Å². The van der Waals surface area contributed by atoms with Crippen molar-refractivity contribution in [3.8, 4) is 5.75 Å². The van der Waals surface area contributed by atoms with Gasteiger partial charge in [-0.2, -0.15) is 0 Å². The molecule has 2 aromatic rings. The highest BCUT2D eigenvalue weighted by Crippen LogP contribution is 2.46. The fourth-order valence-electron chi connectivity index (χ4n) is 4.65. The monoisotopic (exact) mass is 431 g/mol. The van der Waals surface area contributed by atoms with Crippen LogP contribution >= 0.6 is 0 Å². The second-order valence-corrected chi connectivity index (χ2v) is 9.38. The number of amides is 1. The topological polar surface area (TPSA) is 80.3 Å². The third-order valence-corrected chi connectivity index (χ3v) is 6.09. The van der Waals surface area contributed by atoms with Gasteiger partial charge in [-0.15, -0.1) is 0 Å². The number of allylic oxidation sites excluding steroid dienone is 3. The molecule has 1 atom stereocenters. The van der Waals surface area contributed by atoms with E-state index >= 15 is 0 Å². The highest BCUT2D eigenvalue weighted by Gasteiger charge is 2.42. The van der Waals surface area contributed by atoms with Crippen molar-refractivity contribution in [1.82, 2.24) is 10.3 Å². The molecule has 2 N–H and O–H groups in total. The van der Waals surface area contributed by atoms with E-state index in [0.29, 0.717) is 23.4 Å². The lowest BCUT2D eigenvalue weighted by Gasteiger charge is -2.39. The molecule has 1 aliphatic heterocycles. The first-order valence-corrected chi connectivity index (χ1v) is 10.8. The molecule has 1 aromatic carbocycles. The van der Waals surface area contributed by atoms with Gasteiger partial charge in [0.25, 0.3) is 5.91 Å². The van der Waals surface area contributed by atoms with E-state index in [1.807, 2.05) is 50.2 Å². The van der Waals surface area contributed by atoms with Crippen LogP contribution in [0.5, 0.6) is 5.75 Å². The Hall–Kier alpha value is -3.41. The number of carbonyl (C=O) groups excluding carboxylic acids is 2. The largest absolute Gasteiger partial charge is 0.497 e. The lowest BCUT2D eigenvalue weighted by Crippen LogP contribution is -2.39. The van der Waals surface area contributed by atoms with Crippen LogP contribution in [0.3, 0.4) is 0 Å². The smallest absolute Gasteiger partial charge is 0.255 e. The number of carbonyl (C=O) groups is 2. The number of Topliss-reactive ketones (excluding diaryl/α,β-unsaturated/α-hetero) is 1. The normalized spacial score (nSPS) is 19.9. The first kappa shape index (κ1) is 21.8. The second-order valence-electron chi connectivity index (χ2n) is 9.38. The number of pyridine rings is 1. The number of dihydropyridines is 1. The molecule has 0 spiro atoms. The fourth-order valence-corrected chi connectivity index (χ4v) is 4.65. The molecule has 2 heterocycles. The molecule has 1 aliphatic carbocycles. The molecule has 0 bridgehead atoms. The van der Waals surface area contributed by atoms with E-state index in [0.717, 1.165) is 34.7 Å². The number of anilines is 1. The maximum atomic E-state index is 13.5. The fraction of sp³-hybridized carbons (Fsp3) is 0.346. The third-order valence-electron chi connectivity index (χ3n) is 6.09. The van der Waals surface area contributed by atoms with Crippen molar-refractivity contribution in [3.63, 3.8) is 0 Å². The average molecular weight is 432 g/mol. The molecule has 0 radical (unpaired) electrons. The molecule has 6 heteroatoms. The molecule has 32 heavy (non-hydrogen) atoms. The number of ketones is 1. The summed E-state index contributed by atoms with van der Waals surface area (Å²) in [5.41, 5.74) is 4.64. The minimum absolute atomic E-state index is 0.0797. The maximum Gasteiger partial charge on any atom is 0.255 e. The molecule has 2 aliphatic rings. The number of aryl methyl sites for hydroxylation is 1. The van der Waals surface area contributed by atoms with Crippen LogP contribution in [0.2, 0.25) is 0 Å². The van der Waals surface area contributed by atoms with Crippen LogP contribution in [-0.4, -0.2) is 23.8 Å². The minimum atomic E-state index is -0.453. The van der Waals surface area contributed by atoms with Gasteiger partial charge in [0.1, 0.15) is 11.6 Å². The first-order chi connectivity index (χ1) is 15.2. The van der Waals surface area contributed by atoms with Crippen LogP contribution in [0.15, 0.2) is 65.1 Å². The summed E-state index contributed by atoms with van der Waals surface area (Å²) in [4.78, 5) is 31.1. The third kappa shape index (κ3) is 4.17. The molecule has 1 aromatic heterocycles. The standard InChI is InChI=1S/C26H29N3O3/c1-15-10-11-27-21(12-15)29-25(31)22-16(2)28-19-13-26(3,4)14-20(30)24(19)23(22)17-6-8-18(32-5)9-7-17/h6-12,23,28H,13-14H2,1-5H3,(H,27,29,31)/t23-/m0/s1. The predicted molar refractivity (Wildman–Crippen MR) is 124 cm³/mol. The molecule has 0 saturated heterocycles. The van der Waals surface area contributed by atoms with Crippen molar-refractivity contribution in [3.05, 3.63) is 76.3 Å². The zero-order valence-corrected chi connectivity index (χ0v) is 19.2. The highest BCUT2D eigenvalue weighted by atomic mass is 16.5. The number of rotatable bonds is 4. The Balaban J connectivity index is 1.80. The van der Waals surface area contributed by atoms with Crippen LogP contribution in [-0.2, 0) is 9.59 Å². The van der Waals surface area contributed by atoms with E-state index in [4.69, 9.17) is 4.74 Å². The summed E-state index contributed by atoms with van der Waals surface area (Å²) >= 11 is 0. The summed E-state index contributed by atoms with van der Waals surface area (Å²) in [7, 11) is 1.62. The van der Waals surface area contributed by atoms with Gasteiger partial charge in [-0.05, 0) is 61.1 Å². The Morgan fingerprint density at radius 1 is 1.16 bits per heavy atom. The van der Waals surface area contributed by atoms with E-state index in [-0.39, 0.29) is 17.1 Å². The van der Waals surface area contributed by atoms with E-state index in [9.17, 15) is 9.59 Å². The molecule has 0 fully saturated rings. The van der Waals surface area contributed by atoms with Crippen molar-refractivity contribution in [1.29, 1.82) is 0 Å². The number of nitrogens with one attached hydrogen (secondary N) is 2. The zero-order chi connectivity index (χ0) is 23.0. The maximum absolute atomic E-state index is 13.5. The van der Waals surface area contributed by atoms with Crippen molar-refractivity contribution in [2.24, 2.45) is 5.41 Å². The van der Waals surface area contributed by atoms with Gasteiger partial charge in [0.2, 0.25) is 0 Å². The van der Waals surface area contributed by atoms with Gasteiger partial charge in [-0.25, -0.2) is 4.98 Å². The Morgan fingerprint density at radius 2 is 1.88 bits per heavy atom. The number of aromatic nitrogens is 1. The molecule has 0 saturated carbocycles. The number of nitrogens with zero attached hydrogens (tertiary/aromatic N) is 1. The summed E-state index contributed by atoms with van der Waals surface area (Å²) in [6.45, 7) is 8.04.